The molecule has 20 heavy (non-hydrogen) atoms. The predicted molar refractivity (Wildman–Crippen MR) is 72.6 cm³/mol. The molecular formula is C13H12N4O2S. The quantitative estimate of drug-likeness (QED) is 0.856. The van der Waals surface area contributed by atoms with Crippen LogP contribution in [0, 0.1) is 0 Å². The number of nitrogens with one attached hydrogen (secondary N) is 1. The Morgan fingerprint density at radius 2 is 2.10 bits per heavy atom. The molecule has 2 aromatic rings. The number of aromatic nitrogens is 3. The molecule has 2 heterocycles. The van der Waals surface area contributed by atoms with Crippen LogP contribution in [0.2, 0.25) is 0 Å². The molecule has 1 fully saturated rings. The Morgan fingerprint density at radius 1 is 1.30 bits per heavy atom. The van der Waals surface area contributed by atoms with Crippen LogP contribution in [-0.2, 0) is 16.1 Å². The Kier molecular flexibility index (Phi) is 3.51. The van der Waals surface area contributed by atoms with Gasteiger partial charge in [0.05, 0.1) is 6.54 Å². The van der Waals surface area contributed by atoms with Crippen LogP contribution < -0.4 is 0 Å². The number of hydrogen-bond acceptors (Lipinski definition) is 5. The van der Waals surface area contributed by atoms with Crippen molar-refractivity contribution in [1.29, 1.82) is 0 Å². The molecule has 0 aliphatic carbocycles. The zero-order valence-corrected chi connectivity index (χ0v) is 11.3. The zero-order chi connectivity index (χ0) is 13.9. The number of carbonyl (C=O) groups is 2. The molecule has 1 saturated heterocycles. The maximum absolute atomic E-state index is 12.3. The van der Waals surface area contributed by atoms with Gasteiger partial charge >= 0.3 is 0 Å². The summed E-state index contributed by atoms with van der Waals surface area (Å²) in [6.07, 6.45) is 1.59. The Hall–Kier alpha value is -2.15. The molecule has 102 valence electrons. The summed E-state index contributed by atoms with van der Waals surface area (Å²) in [5, 5.41) is 6.55. The van der Waals surface area contributed by atoms with Crippen molar-refractivity contribution in [1.82, 2.24) is 20.1 Å². The summed E-state index contributed by atoms with van der Waals surface area (Å²) in [5.41, 5.74) is 0.944. The van der Waals surface area contributed by atoms with Gasteiger partial charge in [-0.1, -0.05) is 42.1 Å². The fraction of sp³-hybridized carbons (Fsp3) is 0.231. The number of thioether (sulfide) groups is 1. The molecule has 3 rings (SSSR count). The van der Waals surface area contributed by atoms with Gasteiger partial charge < -0.3 is 0 Å². The molecule has 1 atom stereocenters. The van der Waals surface area contributed by atoms with E-state index in [1.165, 1.54) is 23.0 Å². The van der Waals surface area contributed by atoms with Crippen molar-refractivity contribution in [3.8, 4) is 0 Å². The van der Waals surface area contributed by atoms with Crippen LogP contribution >= 0.6 is 11.8 Å². The Labute approximate surface area is 119 Å². The lowest BCUT2D eigenvalue weighted by atomic mass is 10.2. The summed E-state index contributed by atoms with van der Waals surface area (Å²) < 4.78 is 0. The number of benzene rings is 1. The molecule has 0 radical (unpaired) electrons. The van der Waals surface area contributed by atoms with E-state index < -0.39 is 5.25 Å². The number of hydrogen-bond donors (Lipinski definition) is 1. The first kappa shape index (κ1) is 12.9. The van der Waals surface area contributed by atoms with Crippen LogP contribution in [-0.4, -0.2) is 37.1 Å². The van der Waals surface area contributed by atoms with Gasteiger partial charge in [-0.3, -0.25) is 19.6 Å². The van der Waals surface area contributed by atoms with Gasteiger partial charge in [0.25, 0.3) is 0 Å². The molecule has 6 nitrogen and oxygen atoms in total. The lowest BCUT2D eigenvalue weighted by Crippen LogP contribution is -2.30. The van der Waals surface area contributed by atoms with Gasteiger partial charge in [0.15, 0.2) is 5.16 Å². The lowest BCUT2D eigenvalue weighted by Gasteiger charge is -2.14. The molecule has 1 aromatic carbocycles. The van der Waals surface area contributed by atoms with Crippen LogP contribution in [0.25, 0.3) is 0 Å². The largest absolute Gasteiger partial charge is 0.277 e. The predicted octanol–water partition coefficient (Wildman–Crippen LogP) is 1.22. The maximum Gasteiger partial charge on any atom is 0.243 e. The average molecular weight is 288 g/mol. The van der Waals surface area contributed by atoms with Crippen LogP contribution in [0.15, 0.2) is 41.8 Å². The van der Waals surface area contributed by atoms with Gasteiger partial charge in [-0.25, -0.2) is 4.98 Å². The lowest BCUT2D eigenvalue weighted by molar-refractivity contribution is -0.138. The van der Waals surface area contributed by atoms with E-state index in [1.54, 1.807) is 0 Å². The smallest absolute Gasteiger partial charge is 0.243 e. The third-order valence-electron chi connectivity index (χ3n) is 3.03. The van der Waals surface area contributed by atoms with Crippen molar-refractivity contribution >= 4 is 23.6 Å². The molecular weight excluding hydrogens is 276 g/mol. The van der Waals surface area contributed by atoms with E-state index >= 15 is 0 Å². The second kappa shape index (κ2) is 5.46. The van der Waals surface area contributed by atoms with Crippen molar-refractivity contribution in [3.05, 3.63) is 42.2 Å². The van der Waals surface area contributed by atoms with Crippen molar-refractivity contribution < 1.29 is 9.59 Å². The Balaban J connectivity index is 1.70. The minimum atomic E-state index is -0.417. The van der Waals surface area contributed by atoms with Crippen LogP contribution in [0.3, 0.4) is 0 Å². The molecule has 1 N–H and O–H groups in total. The van der Waals surface area contributed by atoms with Crippen molar-refractivity contribution in [2.24, 2.45) is 0 Å². The van der Waals surface area contributed by atoms with Crippen LogP contribution in [0.5, 0.6) is 0 Å². The van der Waals surface area contributed by atoms with E-state index in [-0.39, 0.29) is 18.2 Å². The van der Waals surface area contributed by atoms with Gasteiger partial charge in [0.2, 0.25) is 11.8 Å². The molecule has 1 aromatic heterocycles. The van der Waals surface area contributed by atoms with Crippen molar-refractivity contribution in [3.63, 3.8) is 0 Å². The van der Waals surface area contributed by atoms with E-state index in [0.29, 0.717) is 11.7 Å². The SMILES string of the molecule is O=C1CC(Sc2ncn[nH]2)C(=O)N1Cc1ccccc1. The van der Waals surface area contributed by atoms with E-state index in [1.807, 2.05) is 30.3 Å². The number of carbonyl (C=O) groups excluding carboxylic acids is 2. The number of nitrogens with zero attached hydrogens (tertiary/aromatic N) is 3. The number of imide groups is 1. The summed E-state index contributed by atoms with van der Waals surface area (Å²) in [5.74, 6) is -0.309. The first-order chi connectivity index (χ1) is 9.74. The highest BCUT2D eigenvalue weighted by Gasteiger charge is 2.39. The highest BCUT2D eigenvalue weighted by Crippen LogP contribution is 2.29. The second-order valence-corrected chi connectivity index (χ2v) is 5.60. The highest BCUT2D eigenvalue weighted by atomic mass is 32.2. The number of aromatic amines is 1. The monoisotopic (exact) mass is 288 g/mol. The van der Waals surface area contributed by atoms with E-state index in [4.69, 9.17) is 0 Å². The topological polar surface area (TPSA) is 79.0 Å². The van der Waals surface area contributed by atoms with Gasteiger partial charge in [-0.05, 0) is 5.56 Å². The molecule has 0 saturated carbocycles. The number of amides is 2. The maximum atomic E-state index is 12.3. The summed E-state index contributed by atoms with van der Waals surface area (Å²) in [6.45, 7) is 0.325. The minimum Gasteiger partial charge on any atom is -0.277 e. The van der Waals surface area contributed by atoms with Gasteiger partial charge in [-0.15, -0.1) is 0 Å². The zero-order valence-electron chi connectivity index (χ0n) is 10.5. The van der Waals surface area contributed by atoms with Gasteiger partial charge in [-0.2, -0.15) is 5.10 Å². The molecule has 0 spiro atoms. The Morgan fingerprint density at radius 3 is 2.80 bits per heavy atom. The normalized spacial score (nSPS) is 18.8. The van der Waals surface area contributed by atoms with Crippen molar-refractivity contribution in [2.75, 3.05) is 0 Å². The Bertz CT molecular complexity index is 615. The van der Waals surface area contributed by atoms with E-state index in [2.05, 4.69) is 15.2 Å². The fourth-order valence-electron chi connectivity index (χ4n) is 2.06. The third kappa shape index (κ3) is 2.57. The average Bonchev–Trinajstić information content (AvgIpc) is 3.05. The van der Waals surface area contributed by atoms with Gasteiger partial charge in [0.1, 0.15) is 11.6 Å². The molecule has 1 aliphatic heterocycles. The first-order valence-electron chi connectivity index (χ1n) is 6.14. The highest BCUT2D eigenvalue weighted by molar-refractivity contribution is 8.00. The summed E-state index contributed by atoms with van der Waals surface area (Å²) >= 11 is 1.24. The molecule has 0 bridgehead atoms. The second-order valence-electron chi connectivity index (χ2n) is 4.40. The number of H-pyrrole nitrogens is 1. The number of rotatable bonds is 4. The van der Waals surface area contributed by atoms with Crippen LogP contribution in [0.1, 0.15) is 12.0 Å². The molecule has 7 heteroatoms. The molecule has 1 unspecified atom stereocenters. The molecule has 2 amide bonds. The first-order valence-corrected chi connectivity index (χ1v) is 7.02. The van der Waals surface area contributed by atoms with E-state index in [9.17, 15) is 9.59 Å². The van der Waals surface area contributed by atoms with Gasteiger partial charge in [0, 0.05) is 6.42 Å². The minimum absolute atomic E-state index is 0.143. The summed E-state index contributed by atoms with van der Waals surface area (Å²) in [4.78, 5) is 29.5. The molecule has 1 aliphatic rings. The van der Waals surface area contributed by atoms with Crippen molar-refractivity contribution in [2.45, 2.75) is 23.4 Å². The van der Waals surface area contributed by atoms with Crippen LogP contribution in [0.4, 0.5) is 0 Å². The third-order valence-corrected chi connectivity index (χ3v) is 4.11. The fourth-order valence-corrected chi connectivity index (χ4v) is 3.00. The standard InChI is InChI=1S/C13H12N4O2S/c18-11-6-10(20-13-14-8-15-16-13)12(19)17(11)7-9-4-2-1-3-5-9/h1-5,8,10H,6-7H2,(H,14,15,16). The number of likely N-dealkylation sites (tertiary alicyclic amines) is 1. The summed E-state index contributed by atoms with van der Waals surface area (Å²) in [6, 6.07) is 9.48. The summed E-state index contributed by atoms with van der Waals surface area (Å²) in [7, 11) is 0. The van der Waals surface area contributed by atoms with E-state index in [0.717, 1.165) is 5.56 Å².